The Bertz CT molecular complexity index is 1850. The van der Waals surface area contributed by atoms with Gasteiger partial charge in [0.2, 0.25) is 0 Å². The molecule has 0 aliphatic heterocycles. The average Bonchev–Trinajstić information content (AvgIpc) is 1.27. The molecule has 0 aromatic carbocycles. The number of carbonyl (C=O) groups excluding carboxylic acids is 4. The number of carbonyl (C=O) groups is 4. The van der Waals surface area contributed by atoms with E-state index in [2.05, 4.69) is 55.4 Å². The van der Waals surface area contributed by atoms with Crippen LogP contribution in [0.2, 0.25) is 0 Å². The molecule has 0 aromatic heterocycles. The van der Waals surface area contributed by atoms with Crippen molar-refractivity contribution in [3.05, 3.63) is 0 Å². The van der Waals surface area contributed by atoms with Gasteiger partial charge in [0.15, 0.2) is 12.2 Å². The zero-order chi connectivity index (χ0) is 69.6. The van der Waals surface area contributed by atoms with Crippen molar-refractivity contribution in [3.8, 4) is 0 Å². The van der Waals surface area contributed by atoms with Gasteiger partial charge in [-0.25, -0.2) is 9.13 Å². The minimum Gasteiger partial charge on any atom is -0.462 e. The van der Waals surface area contributed by atoms with E-state index in [0.717, 1.165) is 126 Å². The third kappa shape index (κ3) is 66.0. The van der Waals surface area contributed by atoms with Crippen LogP contribution < -0.4 is 0 Å². The van der Waals surface area contributed by atoms with E-state index in [1.165, 1.54) is 167 Å². The molecule has 0 amide bonds. The van der Waals surface area contributed by atoms with E-state index in [1.807, 2.05) is 0 Å². The molecule has 0 rings (SSSR count). The van der Waals surface area contributed by atoms with Crippen molar-refractivity contribution in [3.63, 3.8) is 0 Å². The van der Waals surface area contributed by atoms with Gasteiger partial charge in [-0.05, 0) is 49.4 Å². The lowest BCUT2D eigenvalue weighted by molar-refractivity contribution is -0.161. The molecule has 3 N–H and O–H groups in total. The van der Waals surface area contributed by atoms with Crippen LogP contribution in [0.25, 0.3) is 0 Å². The number of aliphatic hydroxyl groups is 1. The van der Waals surface area contributed by atoms with Crippen molar-refractivity contribution >= 4 is 39.5 Å². The topological polar surface area (TPSA) is 237 Å². The van der Waals surface area contributed by atoms with E-state index in [9.17, 15) is 43.2 Å². The lowest BCUT2D eigenvalue weighted by Gasteiger charge is -2.21. The highest BCUT2D eigenvalue weighted by Crippen LogP contribution is 2.45. The SMILES string of the molecule is CCC(C)CCCCCCCCC(=O)OC[C@H](COP(=O)(O)OC[C@@H](O)COP(=O)(O)OC[C@@H](COC(=O)CCCCCCCCC(C)CC)OC(=O)CCCCCCCCCCCCC(C)C)OC(=O)CCCCCCCCCCCCCCCCCCCCC(C)C. The molecule has 558 valence electrons. The maximum Gasteiger partial charge on any atom is 0.472 e. The van der Waals surface area contributed by atoms with Crippen LogP contribution in [0.5, 0.6) is 0 Å². The Balaban J connectivity index is 5.19. The van der Waals surface area contributed by atoms with Crippen LogP contribution in [0.15, 0.2) is 0 Å². The molecule has 0 saturated heterocycles. The molecule has 0 heterocycles. The predicted octanol–water partition coefficient (Wildman–Crippen LogP) is 21.7. The van der Waals surface area contributed by atoms with Crippen LogP contribution in [0, 0.1) is 23.7 Å². The van der Waals surface area contributed by atoms with E-state index in [0.29, 0.717) is 25.7 Å². The number of rotatable bonds is 72. The van der Waals surface area contributed by atoms with Crippen molar-refractivity contribution < 1.29 is 80.2 Å². The largest absolute Gasteiger partial charge is 0.472 e. The Morgan fingerprint density at radius 3 is 0.755 bits per heavy atom. The van der Waals surface area contributed by atoms with Crippen molar-refractivity contribution in [2.24, 2.45) is 23.7 Å². The lowest BCUT2D eigenvalue weighted by atomic mass is 10.00. The molecule has 17 nitrogen and oxygen atoms in total. The van der Waals surface area contributed by atoms with Crippen LogP contribution in [-0.4, -0.2) is 96.7 Å². The number of esters is 4. The van der Waals surface area contributed by atoms with Crippen LogP contribution >= 0.6 is 15.6 Å². The van der Waals surface area contributed by atoms with Gasteiger partial charge in [0.25, 0.3) is 0 Å². The first-order valence-electron chi connectivity index (χ1n) is 38.8. The monoisotopic (exact) mass is 1380 g/mol. The molecule has 0 aromatic rings. The summed E-state index contributed by atoms with van der Waals surface area (Å²) in [6, 6.07) is 0. The van der Waals surface area contributed by atoms with Crippen LogP contribution in [-0.2, 0) is 65.4 Å². The zero-order valence-corrected chi connectivity index (χ0v) is 63.4. The first-order valence-corrected chi connectivity index (χ1v) is 41.8. The predicted molar refractivity (Wildman–Crippen MR) is 381 cm³/mol. The van der Waals surface area contributed by atoms with Gasteiger partial charge in [-0.15, -0.1) is 0 Å². The van der Waals surface area contributed by atoms with Gasteiger partial charge in [0.1, 0.15) is 19.3 Å². The molecule has 7 atom stereocenters. The smallest absolute Gasteiger partial charge is 0.462 e. The Kier molecular flexibility index (Phi) is 63.1. The number of phosphoric acid groups is 2. The van der Waals surface area contributed by atoms with Crippen molar-refractivity contribution in [1.82, 2.24) is 0 Å². The first kappa shape index (κ1) is 92.1. The number of unbranched alkanes of at least 4 members (excludes halogenated alkanes) is 36. The second-order valence-electron chi connectivity index (χ2n) is 28.5. The fourth-order valence-corrected chi connectivity index (χ4v) is 12.9. The van der Waals surface area contributed by atoms with Gasteiger partial charge in [0, 0.05) is 25.7 Å². The Hall–Kier alpha value is -1.94. The first-order chi connectivity index (χ1) is 45.2. The van der Waals surface area contributed by atoms with E-state index < -0.39 is 97.5 Å². The third-order valence-corrected chi connectivity index (χ3v) is 19.9. The molecular weight excluding hydrogens is 1230 g/mol. The van der Waals surface area contributed by atoms with Gasteiger partial charge in [0.05, 0.1) is 26.4 Å². The third-order valence-electron chi connectivity index (χ3n) is 18.0. The van der Waals surface area contributed by atoms with Gasteiger partial charge >= 0.3 is 39.5 Å². The summed E-state index contributed by atoms with van der Waals surface area (Å²) >= 11 is 0. The number of hydrogen-bond acceptors (Lipinski definition) is 15. The van der Waals surface area contributed by atoms with Gasteiger partial charge < -0.3 is 33.8 Å². The summed E-state index contributed by atoms with van der Waals surface area (Å²) in [5.41, 5.74) is 0. The fourth-order valence-electron chi connectivity index (χ4n) is 11.3. The van der Waals surface area contributed by atoms with Crippen LogP contribution in [0.4, 0.5) is 0 Å². The quantitative estimate of drug-likeness (QED) is 0.0222. The summed E-state index contributed by atoms with van der Waals surface area (Å²) in [6.45, 7) is 14.1. The number of ether oxygens (including phenoxy) is 4. The normalized spacial score (nSPS) is 14.7. The van der Waals surface area contributed by atoms with Gasteiger partial charge in [-0.2, -0.15) is 0 Å². The Morgan fingerprint density at radius 1 is 0.298 bits per heavy atom. The zero-order valence-electron chi connectivity index (χ0n) is 61.6. The maximum absolute atomic E-state index is 13.1. The van der Waals surface area contributed by atoms with Crippen LogP contribution in [0.3, 0.4) is 0 Å². The molecule has 94 heavy (non-hydrogen) atoms. The molecule has 0 spiro atoms. The van der Waals surface area contributed by atoms with Crippen molar-refractivity contribution in [2.45, 2.75) is 395 Å². The number of phosphoric ester groups is 2. The molecule has 0 radical (unpaired) electrons. The average molecular weight is 1380 g/mol. The van der Waals surface area contributed by atoms with Crippen molar-refractivity contribution in [2.75, 3.05) is 39.6 Å². The summed E-state index contributed by atoms with van der Waals surface area (Å²) < 4.78 is 68.4. The van der Waals surface area contributed by atoms with Crippen molar-refractivity contribution in [1.29, 1.82) is 0 Å². The molecule has 0 fully saturated rings. The van der Waals surface area contributed by atoms with E-state index in [4.69, 9.17) is 37.0 Å². The molecule has 4 unspecified atom stereocenters. The molecular formula is C75H146O17P2. The molecule has 0 bridgehead atoms. The van der Waals surface area contributed by atoms with E-state index >= 15 is 0 Å². The van der Waals surface area contributed by atoms with E-state index in [-0.39, 0.29) is 25.7 Å². The van der Waals surface area contributed by atoms with E-state index in [1.54, 1.807) is 0 Å². The standard InChI is InChI=1S/C75H146O17P2/c1-9-67(7)53-45-37-31-33-39-47-55-72(77)85-61-70(91-74(79)57-49-41-29-25-20-18-16-14-12-11-13-15-17-19-23-27-35-43-51-65(3)4)63-89-93(81,82)87-59-69(76)60-88-94(83,84)90-64-71(62-86-73(78)56-48-40-34-32-38-46-54-68(8)10-2)92-75(80)58-50-42-30-26-22-21-24-28-36-44-52-66(5)6/h65-71,76H,9-64H2,1-8H3,(H,81,82)(H,83,84)/t67?,68?,69-,70-,71-/m1/s1. The highest BCUT2D eigenvalue weighted by atomic mass is 31.2. The van der Waals surface area contributed by atoms with Gasteiger partial charge in [-0.3, -0.25) is 37.3 Å². The van der Waals surface area contributed by atoms with Crippen LogP contribution in [0.1, 0.15) is 376 Å². The summed E-state index contributed by atoms with van der Waals surface area (Å²) in [5, 5.41) is 10.6. The minimum atomic E-state index is -4.96. The maximum atomic E-state index is 13.1. The highest BCUT2D eigenvalue weighted by Gasteiger charge is 2.30. The summed E-state index contributed by atoms with van der Waals surface area (Å²) in [6.07, 6.45) is 48.8. The second-order valence-corrected chi connectivity index (χ2v) is 31.4. The lowest BCUT2D eigenvalue weighted by Crippen LogP contribution is -2.30. The highest BCUT2D eigenvalue weighted by molar-refractivity contribution is 7.47. The number of hydrogen-bond donors (Lipinski definition) is 3. The molecule has 0 aliphatic carbocycles. The Labute approximate surface area is 575 Å². The Morgan fingerprint density at radius 2 is 0.511 bits per heavy atom. The number of aliphatic hydroxyl groups excluding tert-OH is 1. The fraction of sp³-hybridized carbons (Fsp3) is 0.947. The molecule has 0 saturated carbocycles. The molecule has 0 aliphatic rings. The molecule has 19 heteroatoms. The summed E-state index contributed by atoms with van der Waals surface area (Å²) in [7, 11) is -9.91. The second kappa shape index (κ2) is 64.4. The van der Waals surface area contributed by atoms with Gasteiger partial charge in [-0.1, -0.05) is 325 Å². The summed E-state index contributed by atoms with van der Waals surface area (Å²) in [5.74, 6) is 0.908. The minimum absolute atomic E-state index is 0.105. The summed E-state index contributed by atoms with van der Waals surface area (Å²) in [4.78, 5) is 72.7.